The summed E-state index contributed by atoms with van der Waals surface area (Å²) >= 11 is 0. The minimum absolute atomic E-state index is 0.165. The summed E-state index contributed by atoms with van der Waals surface area (Å²) in [6.45, 7) is 0.731. The first kappa shape index (κ1) is 14.0. The first-order valence-electron chi connectivity index (χ1n) is 5.73. The number of benzene rings is 1. The molecule has 0 spiro atoms. The maximum absolute atomic E-state index is 11.5. The standard InChI is InChI=1S/C13H17N3O2/c1-18-10-12(9-14)16-13(17)7-8-15-11-5-3-2-4-6-11/h2-6,12,15H,7-8,10H2,1H3,(H,16,17)/t12-/m1/s1. The fourth-order valence-corrected chi connectivity index (χ4v) is 1.42. The molecular weight excluding hydrogens is 230 g/mol. The number of hydrogen-bond donors (Lipinski definition) is 2. The van der Waals surface area contributed by atoms with E-state index >= 15 is 0 Å². The number of carbonyl (C=O) groups excluding carboxylic acids is 1. The lowest BCUT2D eigenvalue weighted by molar-refractivity contribution is -0.121. The van der Waals surface area contributed by atoms with E-state index in [1.807, 2.05) is 36.4 Å². The third-order valence-corrected chi connectivity index (χ3v) is 2.28. The molecule has 0 bridgehead atoms. The monoisotopic (exact) mass is 247 g/mol. The van der Waals surface area contributed by atoms with E-state index in [-0.39, 0.29) is 12.5 Å². The molecule has 0 saturated heterocycles. The molecule has 96 valence electrons. The van der Waals surface area contributed by atoms with Crippen molar-refractivity contribution in [2.24, 2.45) is 0 Å². The van der Waals surface area contributed by atoms with Crippen LogP contribution in [0.1, 0.15) is 6.42 Å². The molecular formula is C13H17N3O2. The van der Waals surface area contributed by atoms with E-state index in [0.29, 0.717) is 13.0 Å². The molecule has 0 fully saturated rings. The van der Waals surface area contributed by atoms with Crippen molar-refractivity contribution in [1.82, 2.24) is 5.32 Å². The summed E-state index contributed by atoms with van der Waals surface area (Å²) in [4.78, 5) is 11.5. The number of ether oxygens (including phenoxy) is 1. The quantitative estimate of drug-likeness (QED) is 0.757. The Morgan fingerprint density at radius 3 is 2.78 bits per heavy atom. The highest BCUT2D eigenvalue weighted by atomic mass is 16.5. The summed E-state index contributed by atoms with van der Waals surface area (Å²) in [7, 11) is 1.49. The molecule has 1 aromatic rings. The number of methoxy groups -OCH3 is 1. The zero-order valence-electron chi connectivity index (χ0n) is 10.3. The summed E-state index contributed by atoms with van der Waals surface area (Å²) in [5.41, 5.74) is 0.971. The highest BCUT2D eigenvalue weighted by Gasteiger charge is 2.10. The van der Waals surface area contributed by atoms with Gasteiger partial charge in [0.05, 0.1) is 12.7 Å². The largest absolute Gasteiger partial charge is 0.385 e. The molecule has 0 heterocycles. The van der Waals surface area contributed by atoms with E-state index in [9.17, 15) is 4.79 Å². The Kier molecular flexibility index (Phi) is 6.30. The lowest BCUT2D eigenvalue weighted by Gasteiger charge is -2.11. The van der Waals surface area contributed by atoms with Crippen molar-refractivity contribution in [2.45, 2.75) is 12.5 Å². The predicted octanol–water partition coefficient (Wildman–Crippen LogP) is 1.14. The summed E-state index contributed by atoms with van der Waals surface area (Å²) in [5.74, 6) is -0.165. The lowest BCUT2D eigenvalue weighted by Crippen LogP contribution is -2.37. The zero-order valence-corrected chi connectivity index (χ0v) is 10.3. The first-order chi connectivity index (χ1) is 8.76. The average Bonchev–Trinajstić information content (AvgIpc) is 2.39. The SMILES string of the molecule is COC[C@@H](C#N)NC(=O)CCNc1ccccc1. The fourth-order valence-electron chi connectivity index (χ4n) is 1.42. The molecule has 2 N–H and O–H groups in total. The van der Waals surface area contributed by atoms with Gasteiger partial charge in [-0.25, -0.2) is 0 Å². The smallest absolute Gasteiger partial charge is 0.222 e. The first-order valence-corrected chi connectivity index (χ1v) is 5.73. The highest BCUT2D eigenvalue weighted by molar-refractivity contribution is 5.77. The van der Waals surface area contributed by atoms with Crippen LogP contribution in [0.3, 0.4) is 0 Å². The molecule has 18 heavy (non-hydrogen) atoms. The number of hydrogen-bond acceptors (Lipinski definition) is 4. The van der Waals surface area contributed by atoms with Crippen LogP contribution in [0.5, 0.6) is 0 Å². The third kappa shape index (κ3) is 5.32. The molecule has 0 aliphatic rings. The van der Waals surface area contributed by atoms with Crippen molar-refractivity contribution in [2.75, 3.05) is 25.6 Å². The Balaban J connectivity index is 2.23. The summed E-state index contributed by atoms with van der Waals surface area (Å²) < 4.78 is 4.82. The number of nitrogens with zero attached hydrogens (tertiary/aromatic N) is 1. The number of carbonyl (C=O) groups is 1. The summed E-state index contributed by atoms with van der Waals surface area (Å²) in [6.07, 6.45) is 0.316. The van der Waals surface area contributed by atoms with Gasteiger partial charge >= 0.3 is 0 Å². The van der Waals surface area contributed by atoms with Crippen LogP contribution in [-0.4, -0.2) is 32.2 Å². The van der Waals surface area contributed by atoms with Crippen LogP contribution in [0.25, 0.3) is 0 Å². The minimum Gasteiger partial charge on any atom is -0.385 e. The normalized spacial score (nSPS) is 11.3. The van der Waals surface area contributed by atoms with Gasteiger partial charge in [-0.2, -0.15) is 5.26 Å². The Bertz CT molecular complexity index is 400. The molecule has 1 amide bonds. The molecule has 0 aromatic heterocycles. The van der Waals surface area contributed by atoms with Crippen molar-refractivity contribution in [3.63, 3.8) is 0 Å². The van der Waals surface area contributed by atoms with Crippen LogP contribution < -0.4 is 10.6 Å². The molecule has 5 nitrogen and oxygen atoms in total. The van der Waals surface area contributed by atoms with Crippen molar-refractivity contribution >= 4 is 11.6 Å². The van der Waals surface area contributed by atoms with Crippen LogP contribution in [0.2, 0.25) is 0 Å². The van der Waals surface area contributed by atoms with E-state index < -0.39 is 6.04 Å². The van der Waals surface area contributed by atoms with E-state index in [0.717, 1.165) is 5.69 Å². The molecule has 0 saturated carbocycles. The van der Waals surface area contributed by atoms with Crippen LogP contribution in [0, 0.1) is 11.3 Å². The molecule has 5 heteroatoms. The Labute approximate surface area is 107 Å². The van der Waals surface area contributed by atoms with Gasteiger partial charge in [0.2, 0.25) is 5.91 Å². The molecule has 0 aliphatic carbocycles. The molecule has 0 unspecified atom stereocenters. The van der Waals surface area contributed by atoms with Crippen molar-refractivity contribution in [3.8, 4) is 6.07 Å². The number of nitrogens with one attached hydrogen (secondary N) is 2. The maximum atomic E-state index is 11.5. The van der Waals surface area contributed by atoms with Gasteiger partial charge in [0.25, 0.3) is 0 Å². The van der Waals surface area contributed by atoms with Gasteiger partial charge in [0.1, 0.15) is 6.04 Å². The van der Waals surface area contributed by atoms with E-state index in [1.165, 1.54) is 7.11 Å². The molecule has 1 aromatic carbocycles. The summed E-state index contributed by atoms with van der Waals surface area (Å²) in [6, 6.07) is 11.0. The van der Waals surface area contributed by atoms with Crippen molar-refractivity contribution in [3.05, 3.63) is 30.3 Å². The minimum atomic E-state index is -0.584. The van der Waals surface area contributed by atoms with Crippen LogP contribution in [0.15, 0.2) is 30.3 Å². The van der Waals surface area contributed by atoms with Gasteiger partial charge in [-0.1, -0.05) is 18.2 Å². The second-order valence-electron chi connectivity index (χ2n) is 3.75. The number of para-hydroxylation sites is 1. The van der Waals surface area contributed by atoms with Crippen LogP contribution in [0.4, 0.5) is 5.69 Å². The van der Waals surface area contributed by atoms with E-state index in [2.05, 4.69) is 10.6 Å². The van der Waals surface area contributed by atoms with Gasteiger partial charge in [0.15, 0.2) is 0 Å². The second kappa shape index (κ2) is 8.09. The predicted molar refractivity (Wildman–Crippen MR) is 69.0 cm³/mol. The Morgan fingerprint density at radius 2 is 2.17 bits per heavy atom. The molecule has 1 atom stereocenters. The number of anilines is 1. The third-order valence-electron chi connectivity index (χ3n) is 2.28. The van der Waals surface area contributed by atoms with Gasteiger partial charge in [0, 0.05) is 25.8 Å². The Hall–Kier alpha value is -2.06. The van der Waals surface area contributed by atoms with E-state index in [1.54, 1.807) is 0 Å². The average molecular weight is 247 g/mol. The van der Waals surface area contributed by atoms with E-state index in [4.69, 9.17) is 10.00 Å². The van der Waals surface area contributed by atoms with Gasteiger partial charge in [-0.15, -0.1) is 0 Å². The van der Waals surface area contributed by atoms with Gasteiger partial charge in [-0.3, -0.25) is 4.79 Å². The molecule has 0 radical (unpaired) electrons. The highest BCUT2D eigenvalue weighted by Crippen LogP contribution is 2.04. The van der Waals surface area contributed by atoms with Gasteiger partial charge < -0.3 is 15.4 Å². The topological polar surface area (TPSA) is 74.1 Å². The maximum Gasteiger partial charge on any atom is 0.222 e. The van der Waals surface area contributed by atoms with Crippen molar-refractivity contribution in [1.29, 1.82) is 5.26 Å². The number of amides is 1. The lowest BCUT2D eigenvalue weighted by atomic mass is 10.3. The fraction of sp³-hybridized carbons (Fsp3) is 0.385. The van der Waals surface area contributed by atoms with Crippen LogP contribution >= 0.6 is 0 Å². The number of rotatable bonds is 7. The van der Waals surface area contributed by atoms with Crippen LogP contribution in [-0.2, 0) is 9.53 Å². The second-order valence-corrected chi connectivity index (χ2v) is 3.75. The van der Waals surface area contributed by atoms with Crippen molar-refractivity contribution < 1.29 is 9.53 Å². The summed E-state index contributed by atoms with van der Waals surface area (Å²) in [5, 5.41) is 14.5. The molecule has 1 rings (SSSR count). The zero-order chi connectivity index (χ0) is 13.2. The van der Waals surface area contributed by atoms with Gasteiger partial charge in [-0.05, 0) is 12.1 Å². The number of nitriles is 1. The Morgan fingerprint density at radius 1 is 1.44 bits per heavy atom. The molecule has 0 aliphatic heterocycles.